The van der Waals surface area contributed by atoms with Crippen molar-refractivity contribution in [2.75, 3.05) is 0 Å². The third-order valence-electron chi connectivity index (χ3n) is 3.56. The van der Waals surface area contributed by atoms with Crippen LogP contribution in [-0.2, 0) is 6.18 Å². The molecule has 0 saturated heterocycles. The van der Waals surface area contributed by atoms with E-state index in [9.17, 15) is 18.0 Å². The van der Waals surface area contributed by atoms with Crippen LogP contribution in [0, 0.1) is 6.92 Å². The summed E-state index contributed by atoms with van der Waals surface area (Å²) in [5.74, 6) is 0.552. The molecule has 2 heterocycles. The van der Waals surface area contributed by atoms with Gasteiger partial charge in [-0.2, -0.15) is 18.3 Å². The Balaban J connectivity index is 1.70. The van der Waals surface area contributed by atoms with Crippen LogP contribution < -0.4 is 5.43 Å². The molecule has 2 aromatic heterocycles. The molecular weight excluding hydrogens is 349 g/mol. The van der Waals surface area contributed by atoms with Gasteiger partial charge in [-0.05, 0) is 37.3 Å². The Kier molecular flexibility index (Phi) is 4.66. The number of nitrogens with one attached hydrogen (secondary N) is 1. The van der Waals surface area contributed by atoms with Gasteiger partial charge < -0.3 is 8.83 Å². The summed E-state index contributed by atoms with van der Waals surface area (Å²) in [5, 5.41) is 3.76. The number of halogens is 3. The molecule has 1 amide bonds. The number of nitrogens with zero attached hydrogens (tertiary/aromatic N) is 1. The second-order valence-corrected chi connectivity index (χ2v) is 5.37. The highest BCUT2D eigenvalue weighted by Crippen LogP contribution is 2.32. The highest BCUT2D eigenvalue weighted by molar-refractivity contribution is 5.95. The fourth-order valence-corrected chi connectivity index (χ4v) is 2.26. The molecule has 0 atom stereocenters. The Labute approximate surface area is 146 Å². The molecule has 1 aromatic carbocycles. The zero-order chi connectivity index (χ0) is 18.7. The standard InChI is InChI=1S/C18H13F3N2O3/c1-11-15(7-8-25-11)17(24)23-22-10-14-5-6-16(26-14)12-3-2-4-13(9-12)18(19,20)21/h2-10H,1H3,(H,23,24)/b22-10-. The number of hydrogen-bond acceptors (Lipinski definition) is 4. The molecule has 0 bridgehead atoms. The molecule has 8 heteroatoms. The topological polar surface area (TPSA) is 67.7 Å². The van der Waals surface area contributed by atoms with Gasteiger partial charge in [0.05, 0.1) is 23.6 Å². The van der Waals surface area contributed by atoms with Crippen LogP contribution in [0.4, 0.5) is 13.2 Å². The van der Waals surface area contributed by atoms with Crippen LogP contribution in [0.25, 0.3) is 11.3 Å². The predicted molar refractivity (Wildman–Crippen MR) is 87.7 cm³/mol. The Morgan fingerprint density at radius 3 is 2.69 bits per heavy atom. The van der Waals surface area contributed by atoms with E-state index in [1.807, 2.05) is 0 Å². The number of amides is 1. The highest BCUT2D eigenvalue weighted by atomic mass is 19.4. The first kappa shape index (κ1) is 17.5. The molecule has 134 valence electrons. The maximum absolute atomic E-state index is 12.8. The number of carbonyl (C=O) groups excluding carboxylic acids is 1. The zero-order valence-electron chi connectivity index (χ0n) is 13.5. The van der Waals surface area contributed by atoms with Crippen molar-refractivity contribution >= 4 is 12.1 Å². The van der Waals surface area contributed by atoms with Crippen LogP contribution in [-0.4, -0.2) is 12.1 Å². The first-order chi connectivity index (χ1) is 12.3. The molecule has 0 aliphatic carbocycles. The van der Waals surface area contributed by atoms with Crippen molar-refractivity contribution in [1.82, 2.24) is 5.43 Å². The van der Waals surface area contributed by atoms with Gasteiger partial charge in [-0.1, -0.05) is 12.1 Å². The van der Waals surface area contributed by atoms with Crippen LogP contribution in [0.2, 0.25) is 0 Å². The van der Waals surface area contributed by atoms with Gasteiger partial charge in [0.1, 0.15) is 17.3 Å². The van der Waals surface area contributed by atoms with E-state index in [0.29, 0.717) is 11.3 Å². The Bertz CT molecular complexity index is 954. The number of alkyl halides is 3. The lowest BCUT2D eigenvalue weighted by Crippen LogP contribution is -2.17. The van der Waals surface area contributed by atoms with Crippen LogP contribution in [0.3, 0.4) is 0 Å². The molecule has 1 N–H and O–H groups in total. The lowest BCUT2D eigenvalue weighted by molar-refractivity contribution is -0.137. The van der Waals surface area contributed by atoms with Gasteiger partial charge in [-0.3, -0.25) is 4.79 Å². The smallest absolute Gasteiger partial charge is 0.416 e. The van der Waals surface area contributed by atoms with Crippen LogP contribution in [0.1, 0.15) is 27.4 Å². The highest BCUT2D eigenvalue weighted by Gasteiger charge is 2.30. The summed E-state index contributed by atoms with van der Waals surface area (Å²) in [4.78, 5) is 11.9. The van der Waals surface area contributed by atoms with Crippen molar-refractivity contribution < 1.29 is 26.8 Å². The van der Waals surface area contributed by atoms with Gasteiger partial charge in [0.25, 0.3) is 5.91 Å². The zero-order valence-corrected chi connectivity index (χ0v) is 13.5. The van der Waals surface area contributed by atoms with E-state index in [-0.39, 0.29) is 17.1 Å². The summed E-state index contributed by atoms with van der Waals surface area (Å²) in [6, 6.07) is 9.39. The van der Waals surface area contributed by atoms with Gasteiger partial charge in [0.15, 0.2) is 0 Å². The van der Waals surface area contributed by atoms with Gasteiger partial charge in [-0.15, -0.1) is 0 Å². The molecule has 0 aliphatic heterocycles. The summed E-state index contributed by atoms with van der Waals surface area (Å²) in [6.07, 6.45) is -1.78. The molecule has 0 aliphatic rings. The molecule has 0 unspecified atom stereocenters. The third-order valence-corrected chi connectivity index (χ3v) is 3.56. The van der Waals surface area contributed by atoms with E-state index in [4.69, 9.17) is 8.83 Å². The number of carbonyl (C=O) groups is 1. The van der Waals surface area contributed by atoms with E-state index >= 15 is 0 Å². The molecule has 0 spiro atoms. The molecule has 0 fully saturated rings. The second kappa shape index (κ2) is 6.91. The average molecular weight is 362 g/mol. The van der Waals surface area contributed by atoms with Crippen LogP contribution in [0.15, 0.2) is 62.7 Å². The molecule has 0 saturated carbocycles. The molecular formula is C18H13F3N2O3. The van der Waals surface area contributed by atoms with Crippen molar-refractivity contribution in [1.29, 1.82) is 0 Å². The summed E-state index contributed by atoms with van der Waals surface area (Å²) in [6.45, 7) is 1.65. The summed E-state index contributed by atoms with van der Waals surface area (Å²) < 4.78 is 48.8. The van der Waals surface area contributed by atoms with Gasteiger partial charge in [0, 0.05) is 5.56 Å². The number of benzene rings is 1. The SMILES string of the molecule is Cc1occc1C(=O)N/N=C\c1ccc(-c2cccc(C(F)(F)F)c2)o1. The van der Waals surface area contributed by atoms with Crippen molar-refractivity contribution in [2.24, 2.45) is 5.10 Å². The molecule has 0 radical (unpaired) electrons. The van der Waals surface area contributed by atoms with Crippen molar-refractivity contribution in [3.63, 3.8) is 0 Å². The molecule has 3 rings (SSSR count). The monoisotopic (exact) mass is 362 g/mol. The maximum atomic E-state index is 12.8. The number of hydrogen-bond donors (Lipinski definition) is 1. The van der Waals surface area contributed by atoms with E-state index < -0.39 is 17.6 Å². The number of furan rings is 2. The van der Waals surface area contributed by atoms with Crippen LogP contribution in [0.5, 0.6) is 0 Å². The average Bonchev–Trinajstić information content (AvgIpc) is 3.23. The Morgan fingerprint density at radius 2 is 2.00 bits per heavy atom. The van der Waals surface area contributed by atoms with Crippen molar-refractivity contribution in [3.8, 4) is 11.3 Å². The van der Waals surface area contributed by atoms with Gasteiger partial charge in [0.2, 0.25) is 0 Å². The second-order valence-electron chi connectivity index (χ2n) is 5.37. The quantitative estimate of drug-likeness (QED) is 0.543. The molecule has 26 heavy (non-hydrogen) atoms. The summed E-state index contributed by atoms with van der Waals surface area (Å²) in [5.41, 5.74) is 2.20. The van der Waals surface area contributed by atoms with E-state index in [1.54, 1.807) is 6.92 Å². The minimum absolute atomic E-state index is 0.259. The Hall–Kier alpha value is -3.29. The lowest BCUT2D eigenvalue weighted by atomic mass is 10.1. The normalized spacial score (nSPS) is 11.8. The number of hydrazone groups is 1. The van der Waals surface area contributed by atoms with Gasteiger partial charge in [-0.25, -0.2) is 5.43 Å². The van der Waals surface area contributed by atoms with Crippen molar-refractivity contribution in [3.05, 3.63) is 71.4 Å². The third kappa shape index (κ3) is 3.85. The summed E-state index contributed by atoms with van der Waals surface area (Å²) in [7, 11) is 0. The van der Waals surface area contributed by atoms with Crippen LogP contribution >= 0.6 is 0 Å². The minimum Gasteiger partial charge on any atom is -0.469 e. The largest absolute Gasteiger partial charge is 0.469 e. The number of aryl methyl sites for hydroxylation is 1. The Morgan fingerprint density at radius 1 is 1.19 bits per heavy atom. The molecule has 5 nitrogen and oxygen atoms in total. The predicted octanol–water partition coefficient (Wildman–Crippen LogP) is 4.63. The number of rotatable bonds is 4. The maximum Gasteiger partial charge on any atom is 0.416 e. The first-order valence-corrected chi connectivity index (χ1v) is 7.49. The fraction of sp³-hybridized carbons (Fsp3) is 0.111. The van der Waals surface area contributed by atoms with E-state index in [2.05, 4.69) is 10.5 Å². The van der Waals surface area contributed by atoms with E-state index in [0.717, 1.165) is 12.1 Å². The molecule has 3 aromatic rings. The minimum atomic E-state index is -4.43. The lowest BCUT2D eigenvalue weighted by Gasteiger charge is -2.07. The van der Waals surface area contributed by atoms with E-state index in [1.165, 1.54) is 42.8 Å². The van der Waals surface area contributed by atoms with Crippen molar-refractivity contribution in [2.45, 2.75) is 13.1 Å². The fourth-order valence-electron chi connectivity index (χ4n) is 2.26. The van der Waals surface area contributed by atoms with Gasteiger partial charge >= 0.3 is 6.18 Å². The summed E-state index contributed by atoms with van der Waals surface area (Å²) >= 11 is 0. The first-order valence-electron chi connectivity index (χ1n) is 7.49.